The first-order valence-corrected chi connectivity index (χ1v) is 24.2. The van der Waals surface area contributed by atoms with E-state index in [1.54, 1.807) is 0 Å². The van der Waals surface area contributed by atoms with Crippen LogP contribution < -0.4 is 14.2 Å². The molecule has 4 aromatic carbocycles. The molecule has 0 aromatic heterocycles. The van der Waals surface area contributed by atoms with E-state index in [-0.39, 0.29) is 11.8 Å². The van der Waals surface area contributed by atoms with Gasteiger partial charge in [-0.2, -0.15) is 10.5 Å². The van der Waals surface area contributed by atoms with Crippen molar-refractivity contribution in [1.82, 2.24) is 0 Å². The van der Waals surface area contributed by atoms with Gasteiger partial charge in [0, 0.05) is 11.8 Å². The van der Waals surface area contributed by atoms with Crippen molar-refractivity contribution in [2.45, 2.75) is 155 Å². The molecule has 0 atom stereocenters. The maximum Gasteiger partial charge on any atom is 0.127 e. The minimum Gasteiger partial charge on any atom is -0.494 e. The molecule has 0 bridgehead atoms. The molecule has 61 heavy (non-hydrogen) atoms. The van der Waals surface area contributed by atoms with E-state index >= 15 is 0 Å². The lowest BCUT2D eigenvalue weighted by Crippen LogP contribution is -2.15. The Morgan fingerprint density at radius 1 is 0.443 bits per heavy atom. The zero-order chi connectivity index (χ0) is 42.5. The van der Waals surface area contributed by atoms with Gasteiger partial charge in [-0.1, -0.05) is 114 Å². The lowest BCUT2D eigenvalue weighted by Gasteiger charge is -2.26. The molecule has 0 aliphatic heterocycles. The molecule has 0 N–H and O–H groups in total. The summed E-state index contributed by atoms with van der Waals surface area (Å²) < 4.78 is 19.0. The molecule has 4 aromatic rings. The van der Waals surface area contributed by atoms with Gasteiger partial charge in [-0.15, -0.1) is 0 Å². The summed E-state index contributed by atoms with van der Waals surface area (Å²) in [6.45, 7) is 6.04. The molecule has 2 aliphatic carbocycles. The SMILES string of the molecule is CCCCCCCCOc1ccc(-c2ccc(Oc3ccc(-c4ccc(OCCCCCCCC)cc4)c(CC4CCC(C#N)CC4)c3)cc2CC2CCC(C#N)CC2)cc1. The third kappa shape index (κ3) is 14.7. The van der Waals surface area contributed by atoms with E-state index in [2.05, 4.69) is 111 Å². The summed E-state index contributed by atoms with van der Waals surface area (Å²) in [5.41, 5.74) is 7.44. The molecule has 5 nitrogen and oxygen atoms in total. The quantitative estimate of drug-likeness (QED) is 0.0658. The number of hydrogen-bond donors (Lipinski definition) is 0. The Bertz CT molecular complexity index is 1810. The van der Waals surface area contributed by atoms with Crippen molar-refractivity contribution in [1.29, 1.82) is 10.5 Å². The summed E-state index contributed by atoms with van der Waals surface area (Å²) >= 11 is 0. The van der Waals surface area contributed by atoms with Crippen LogP contribution >= 0.6 is 0 Å². The lowest BCUT2D eigenvalue weighted by molar-refractivity contribution is 0.304. The molecule has 2 saturated carbocycles. The van der Waals surface area contributed by atoms with Gasteiger partial charge in [0.25, 0.3) is 0 Å². The van der Waals surface area contributed by atoms with Crippen molar-refractivity contribution in [3.63, 3.8) is 0 Å². The lowest BCUT2D eigenvalue weighted by atomic mass is 9.79. The first kappa shape index (κ1) is 45.8. The normalized spacial score (nSPS) is 18.8. The zero-order valence-electron chi connectivity index (χ0n) is 37.5. The number of benzene rings is 4. The highest BCUT2D eigenvalue weighted by Gasteiger charge is 2.24. The fraction of sp³-hybridized carbons (Fsp3) is 0.536. The molecule has 0 unspecified atom stereocenters. The third-order valence-electron chi connectivity index (χ3n) is 13.3. The van der Waals surface area contributed by atoms with Gasteiger partial charge < -0.3 is 14.2 Å². The van der Waals surface area contributed by atoms with Gasteiger partial charge in [-0.25, -0.2) is 0 Å². The van der Waals surface area contributed by atoms with Crippen LogP contribution in [0.15, 0.2) is 84.9 Å². The van der Waals surface area contributed by atoms with Crippen LogP contribution in [-0.4, -0.2) is 13.2 Å². The molecule has 5 heteroatoms. The number of nitriles is 2. The Hall–Kier alpha value is -4.74. The summed E-state index contributed by atoms with van der Waals surface area (Å²) in [5.74, 6) is 5.04. The summed E-state index contributed by atoms with van der Waals surface area (Å²) in [4.78, 5) is 0. The van der Waals surface area contributed by atoms with E-state index in [1.807, 2.05) is 0 Å². The Kier molecular flexibility index (Phi) is 19.0. The van der Waals surface area contributed by atoms with Crippen molar-refractivity contribution in [2.75, 3.05) is 13.2 Å². The molecule has 0 saturated heterocycles. The predicted molar refractivity (Wildman–Crippen MR) is 251 cm³/mol. The van der Waals surface area contributed by atoms with E-state index in [1.165, 1.54) is 97.6 Å². The smallest absolute Gasteiger partial charge is 0.127 e. The number of unbranched alkanes of at least 4 members (excludes halogenated alkanes) is 10. The summed E-state index contributed by atoms with van der Waals surface area (Å²) in [7, 11) is 0. The van der Waals surface area contributed by atoms with Gasteiger partial charge in [0.2, 0.25) is 0 Å². The van der Waals surface area contributed by atoms with Crippen molar-refractivity contribution in [2.24, 2.45) is 23.7 Å². The summed E-state index contributed by atoms with van der Waals surface area (Å²) in [5, 5.41) is 19.1. The molecule has 0 heterocycles. The second-order valence-electron chi connectivity index (χ2n) is 18.1. The number of ether oxygens (including phenoxy) is 3. The molecular weight excluding hydrogens is 749 g/mol. The molecular formula is C56H72N2O3. The second-order valence-corrected chi connectivity index (χ2v) is 18.1. The van der Waals surface area contributed by atoms with Crippen molar-refractivity contribution in [3.8, 4) is 57.4 Å². The molecule has 2 aliphatic rings. The first-order chi connectivity index (χ1) is 30.0. The molecule has 0 amide bonds. The highest BCUT2D eigenvalue weighted by Crippen LogP contribution is 2.39. The highest BCUT2D eigenvalue weighted by atomic mass is 16.5. The van der Waals surface area contributed by atoms with Gasteiger partial charge in [0.15, 0.2) is 0 Å². The van der Waals surface area contributed by atoms with E-state index in [0.717, 1.165) is 113 Å². The topological polar surface area (TPSA) is 75.3 Å². The Morgan fingerprint density at radius 2 is 0.803 bits per heavy atom. The fourth-order valence-corrected chi connectivity index (χ4v) is 9.52. The van der Waals surface area contributed by atoms with Gasteiger partial charge >= 0.3 is 0 Å². The zero-order valence-corrected chi connectivity index (χ0v) is 37.5. The number of nitrogens with zero attached hydrogens (tertiary/aromatic N) is 2. The van der Waals surface area contributed by atoms with Gasteiger partial charge in [-0.3, -0.25) is 0 Å². The fourth-order valence-electron chi connectivity index (χ4n) is 9.52. The van der Waals surface area contributed by atoms with Crippen LogP contribution in [0.4, 0.5) is 0 Å². The molecule has 0 spiro atoms. The van der Waals surface area contributed by atoms with E-state index in [4.69, 9.17) is 14.2 Å². The summed E-state index contributed by atoms with van der Waals surface area (Å²) in [6, 6.07) is 35.5. The van der Waals surface area contributed by atoms with Crippen molar-refractivity contribution >= 4 is 0 Å². The third-order valence-corrected chi connectivity index (χ3v) is 13.3. The average molecular weight is 821 g/mol. The van der Waals surface area contributed by atoms with Crippen LogP contribution in [0.2, 0.25) is 0 Å². The summed E-state index contributed by atoms with van der Waals surface area (Å²) in [6.07, 6.45) is 25.3. The first-order valence-electron chi connectivity index (χ1n) is 24.2. The van der Waals surface area contributed by atoms with E-state index in [9.17, 15) is 10.5 Å². The average Bonchev–Trinajstić information content (AvgIpc) is 3.30. The Morgan fingerprint density at radius 3 is 1.18 bits per heavy atom. The number of rotatable bonds is 24. The largest absolute Gasteiger partial charge is 0.494 e. The van der Waals surface area contributed by atoms with Crippen LogP contribution in [0.5, 0.6) is 23.0 Å². The maximum absolute atomic E-state index is 9.56. The van der Waals surface area contributed by atoms with Gasteiger partial charge in [0.1, 0.15) is 23.0 Å². The number of hydrogen-bond acceptors (Lipinski definition) is 5. The second kappa shape index (κ2) is 25.3. The minimum atomic E-state index is 0.189. The van der Waals surface area contributed by atoms with Crippen LogP contribution in [-0.2, 0) is 12.8 Å². The monoisotopic (exact) mass is 821 g/mol. The molecule has 324 valence electrons. The van der Waals surface area contributed by atoms with Gasteiger partial charge in [0.05, 0.1) is 25.4 Å². The van der Waals surface area contributed by atoms with Crippen LogP contribution in [0, 0.1) is 46.3 Å². The van der Waals surface area contributed by atoms with Crippen LogP contribution in [0.1, 0.15) is 153 Å². The van der Waals surface area contributed by atoms with Crippen LogP contribution in [0.25, 0.3) is 22.3 Å². The standard InChI is InChI=1S/C56H72N2O3/c1-3-5-7-9-11-13-35-59-51-27-23-47(24-28-51)55-33-31-53(39-49(55)37-43-15-19-45(41-57)20-16-43)61-54-32-34-56(50(40-54)38-44-17-21-46(42-58)22-18-44)48-25-29-52(30-26-48)60-36-14-12-10-8-6-4-2/h23-34,39-40,43-46H,3-22,35-38H2,1-2H3. The van der Waals surface area contributed by atoms with Crippen molar-refractivity contribution < 1.29 is 14.2 Å². The minimum absolute atomic E-state index is 0.189. The Balaban J connectivity index is 1.18. The van der Waals surface area contributed by atoms with Crippen molar-refractivity contribution in [3.05, 3.63) is 96.1 Å². The molecule has 2 fully saturated rings. The van der Waals surface area contributed by atoms with E-state index < -0.39 is 0 Å². The van der Waals surface area contributed by atoms with Crippen LogP contribution in [0.3, 0.4) is 0 Å². The maximum atomic E-state index is 9.56. The predicted octanol–water partition coefficient (Wildman–Crippen LogP) is 16.0. The molecule has 0 radical (unpaired) electrons. The highest BCUT2D eigenvalue weighted by molar-refractivity contribution is 5.71. The molecule has 6 rings (SSSR count). The van der Waals surface area contributed by atoms with E-state index in [0.29, 0.717) is 11.8 Å². The Labute approximate surface area is 368 Å². The van der Waals surface area contributed by atoms with Gasteiger partial charge in [-0.05, 0) is 171 Å².